The van der Waals surface area contributed by atoms with Crippen molar-refractivity contribution in [1.29, 1.82) is 0 Å². The van der Waals surface area contributed by atoms with Crippen molar-refractivity contribution in [3.63, 3.8) is 0 Å². The second-order valence-corrected chi connectivity index (χ2v) is 4.74. The maximum atomic E-state index is 11.2. The quantitative estimate of drug-likeness (QED) is 0.749. The summed E-state index contributed by atoms with van der Waals surface area (Å²) in [6, 6.07) is 10.5. The molecule has 0 spiro atoms. The van der Waals surface area contributed by atoms with Gasteiger partial charge < -0.3 is 0 Å². The van der Waals surface area contributed by atoms with Gasteiger partial charge in [0.25, 0.3) is 0 Å². The Morgan fingerprint density at radius 3 is 2.81 bits per heavy atom. The number of likely N-dealkylation sites (tertiary alicyclic amines) is 1. The lowest BCUT2D eigenvalue weighted by Gasteiger charge is -2.15. The van der Waals surface area contributed by atoms with E-state index >= 15 is 0 Å². The third-order valence-electron chi connectivity index (χ3n) is 3.45. The molecule has 1 atom stereocenters. The van der Waals surface area contributed by atoms with Crippen molar-refractivity contribution in [3.05, 3.63) is 47.5 Å². The number of benzene rings is 1. The van der Waals surface area contributed by atoms with Crippen LogP contribution in [-0.4, -0.2) is 23.8 Å². The fourth-order valence-electron chi connectivity index (χ4n) is 2.71. The fourth-order valence-corrected chi connectivity index (χ4v) is 2.71. The van der Waals surface area contributed by atoms with Gasteiger partial charge in [-0.3, -0.25) is 9.69 Å². The van der Waals surface area contributed by atoms with Gasteiger partial charge in [-0.05, 0) is 17.2 Å². The zero-order chi connectivity index (χ0) is 11.0. The summed E-state index contributed by atoms with van der Waals surface area (Å²) in [6.07, 6.45) is 2.59. The van der Waals surface area contributed by atoms with Gasteiger partial charge >= 0.3 is 0 Å². The zero-order valence-corrected chi connectivity index (χ0v) is 9.23. The van der Waals surface area contributed by atoms with Crippen molar-refractivity contribution in [2.24, 2.45) is 5.92 Å². The molecule has 1 aromatic carbocycles. The van der Waals surface area contributed by atoms with Crippen LogP contribution in [0.15, 0.2) is 42.0 Å². The summed E-state index contributed by atoms with van der Waals surface area (Å²) in [6.45, 7) is 3.03. The molecule has 1 aromatic rings. The van der Waals surface area contributed by atoms with E-state index in [1.54, 1.807) is 0 Å². The molecule has 1 saturated heterocycles. The highest BCUT2D eigenvalue weighted by atomic mass is 16.1. The van der Waals surface area contributed by atoms with Gasteiger partial charge in [-0.2, -0.15) is 0 Å². The molecule has 1 aliphatic heterocycles. The number of fused-ring (bicyclic) bond motifs is 1. The lowest BCUT2D eigenvalue weighted by molar-refractivity contribution is -0.114. The summed E-state index contributed by atoms with van der Waals surface area (Å²) in [5.41, 5.74) is 2.70. The highest BCUT2D eigenvalue weighted by Gasteiger charge is 2.33. The van der Waals surface area contributed by atoms with E-state index in [1.807, 2.05) is 12.1 Å². The van der Waals surface area contributed by atoms with E-state index in [-0.39, 0.29) is 0 Å². The zero-order valence-electron chi connectivity index (χ0n) is 9.23. The first-order valence-corrected chi connectivity index (χ1v) is 5.81. The molecule has 3 rings (SSSR count). The van der Waals surface area contributed by atoms with Gasteiger partial charge in [0.05, 0.1) is 0 Å². The van der Waals surface area contributed by atoms with Crippen molar-refractivity contribution < 1.29 is 4.79 Å². The van der Waals surface area contributed by atoms with Gasteiger partial charge in [0.2, 0.25) is 0 Å². The first-order valence-electron chi connectivity index (χ1n) is 5.81. The molecule has 0 N–H and O–H groups in total. The third-order valence-corrected chi connectivity index (χ3v) is 3.45. The van der Waals surface area contributed by atoms with Crippen molar-refractivity contribution in [2.45, 2.75) is 13.0 Å². The summed E-state index contributed by atoms with van der Waals surface area (Å²) in [4.78, 5) is 13.7. The van der Waals surface area contributed by atoms with Crippen LogP contribution in [0.4, 0.5) is 0 Å². The molecule has 2 nitrogen and oxygen atoms in total. The van der Waals surface area contributed by atoms with Crippen LogP contribution in [0.2, 0.25) is 0 Å². The maximum Gasteiger partial charge on any atom is 0.156 e. The average Bonchev–Trinajstić information content (AvgIpc) is 2.76. The molecule has 1 heterocycles. The summed E-state index contributed by atoms with van der Waals surface area (Å²) >= 11 is 0. The number of carbonyl (C=O) groups excluding carboxylic acids is 1. The van der Waals surface area contributed by atoms with Gasteiger partial charge in [0.1, 0.15) is 0 Å². The molecule has 0 saturated carbocycles. The Hall–Kier alpha value is -1.41. The molecular weight excluding hydrogens is 198 g/mol. The van der Waals surface area contributed by atoms with Crippen LogP contribution in [0.3, 0.4) is 0 Å². The van der Waals surface area contributed by atoms with Crippen LogP contribution in [0.25, 0.3) is 0 Å². The Kier molecular flexibility index (Phi) is 2.37. The first kappa shape index (κ1) is 9.79. The van der Waals surface area contributed by atoms with Gasteiger partial charge in [-0.15, -0.1) is 0 Å². The molecule has 2 heteroatoms. The third kappa shape index (κ3) is 1.81. The molecule has 82 valence electrons. The van der Waals surface area contributed by atoms with Crippen LogP contribution in [-0.2, 0) is 11.3 Å². The first-order chi connectivity index (χ1) is 7.81. The minimum atomic E-state index is 0.319. The highest BCUT2D eigenvalue weighted by molar-refractivity contribution is 5.93. The van der Waals surface area contributed by atoms with Crippen LogP contribution in [0, 0.1) is 5.92 Å². The minimum Gasteiger partial charge on any atom is -0.295 e. The van der Waals surface area contributed by atoms with Gasteiger partial charge in [-0.1, -0.05) is 30.3 Å². The Morgan fingerprint density at radius 2 is 2.06 bits per heavy atom. The second kappa shape index (κ2) is 3.87. The number of ketones is 1. The Morgan fingerprint density at radius 1 is 1.25 bits per heavy atom. The predicted molar refractivity (Wildman–Crippen MR) is 62.9 cm³/mol. The van der Waals surface area contributed by atoms with E-state index in [1.165, 1.54) is 11.1 Å². The minimum absolute atomic E-state index is 0.319. The van der Waals surface area contributed by atoms with Crippen molar-refractivity contribution in [1.82, 2.24) is 4.90 Å². The van der Waals surface area contributed by atoms with Crippen LogP contribution < -0.4 is 0 Å². The standard InChI is InChI=1S/C14H15NO/c16-14-6-12-9-15(10-13(12)7-14)8-11-4-2-1-3-5-11/h1-6,13H,7-10H2. The Bertz CT molecular complexity index is 435. The Balaban J connectivity index is 1.68. The molecule has 0 bridgehead atoms. The second-order valence-electron chi connectivity index (χ2n) is 4.74. The number of hydrogen-bond donors (Lipinski definition) is 0. The number of nitrogens with zero attached hydrogens (tertiary/aromatic N) is 1. The highest BCUT2D eigenvalue weighted by Crippen LogP contribution is 2.31. The molecule has 2 aliphatic rings. The SMILES string of the molecule is O=C1C=C2CN(Cc3ccccc3)CC2C1. The van der Waals surface area contributed by atoms with Gasteiger partial charge in [0.15, 0.2) is 5.78 Å². The van der Waals surface area contributed by atoms with Crippen molar-refractivity contribution >= 4 is 5.78 Å². The summed E-state index contributed by atoms with van der Waals surface area (Å²) in [5, 5.41) is 0. The van der Waals surface area contributed by atoms with E-state index in [0.717, 1.165) is 26.1 Å². The number of rotatable bonds is 2. The fraction of sp³-hybridized carbons (Fsp3) is 0.357. The smallest absolute Gasteiger partial charge is 0.156 e. The van der Waals surface area contributed by atoms with E-state index in [2.05, 4.69) is 29.2 Å². The number of hydrogen-bond acceptors (Lipinski definition) is 2. The predicted octanol–water partition coefficient (Wildman–Crippen LogP) is 2.02. The summed E-state index contributed by atoms with van der Waals surface area (Å²) in [5.74, 6) is 0.829. The van der Waals surface area contributed by atoms with Crippen molar-refractivity contribution in [3.8, 4) is 0 Å². The average molecular weight is 213 g/mol. The summed E-state index contributed by atoms with van der Waals surface area (Å²) in [7, 11) is 0. The molecule has 1 unspecified atom stereocenters. The van der Waals surface area contributed by atoms with Crippen LogP contribution in [0.1, 0.15) is 12.0 Å². The number of allylic oxidation sites excluding steroid dienone is 1. The lowest BCUT2D eigenvalue weighted by atomic mass is 10.1. The molecule has 16 heavy (non-hydrogen) atoms. The molecule has 1 fully saturated rings. The van der Waals surface area contributed by atoms with E-state index in [4.69, 9.17) is 0 Å². The van der Waals surface area contributed by atoms with E-state index in [0.29, 0.717) is 11.7 Å². The number of carbonyl (C=O) groups is 1. The largest absolute Gasteiger partial charge is 0.295 e. The van der Waals surface area contributed by atoms with E-state index < -0.39 is 0 Å². The molecular formula is C14H15NO. The molecule has 0 amide bonds. The van der Waals surface area contributed by atoms with Crippen molar-refractivity contribution in [2.75, 3.05) is 13.1 Å². The molecule has 0 radical (unpaired) electrons. The van der Waals surface area contributed by atoms with Gasteiger partial charge in [0, 0.05) is 32.0 Å². The monoisotopic (exact) mass is 213 g/mol. The molecule has 1 aliphatic carbocycles. The molecule has 0 aromatic heterocycles. The Labute approximate surface area is 95.6 Å². The summed E-state index contributed by atoms with van der Waals surface area (Å²) < 4.78 is 0. The normalized spacial score (nSPS) is 24.6. The topological polar surface area (TPSA) is 20.3 Å². The van der Waals surface area contributed by atoms with Crippen LogP contribution >= 0.6 is 0 Å². The van der Waals surface area contributed by atoms with Crippen LogP contribution in [0.5, 0.6) is 0 Å². The maximum absolute atomic E-state index is 11.2. The lowest BCUT2D eigenvalue weighted by Crippen LogP contribution is -2.20. The van der Waals surface area contributed by atoms with E-state index in [9.17, 15) is 4.79 Å². The van der Waals surface area contributed by atoms with Gasteiger partial charge in [-0.25, -0.2) is 0 Å².